The summed E-state index contributed by atoms with van der Waals surface area (Å²) in [5.74, 6) is -0.797. The van der Waals surface area contributed by atoms with Gasteiger partial charge in [0.1, 0.15) is 12.4 Å². The molecule has 20 heavy (non-hydrogen) atoms. The molecule has 3 atom stereocenters. The second kappa shape index (κ2) is 5.87. The zero-order valence-electron chi connectivity index (χ0n) is 14.1. The Morgan fingerprint density at radius 2 is 1.90 bits per heavy atom. The van der Waals surface area contributed by atoms with E-state index < -0.39 is 14.1 Å². The van der Waals surface area contributed by atoms with Crippen molar-refractivity contribution in [1.82, 2.24) is 0 Å². The normalized spacial score (nSPS) is 26.3. The fraction of sp³-hybridized carbons (Fsp3) is 0.933. The summed E-state index contributed by atoms with van der Waals surface area (Å²) in [5.41, 5.74) is 0. The smallest absolute Gasteiger partial charge is 0.192 e. The first-order chi connectivity index (χ1) is 8.89. The van der Waals surface area contributed by atoms with Crippen LogP contribution in [0.5, 0.6) is 0 Å². The van der Waals surface area contributed by atoms with E-state index in [2.05, 4.69) is 33.9 Å². The molecule has 1 heterocycles. The maximum atomic E-state index is 11.2. The van der Waals surface area contributed by atoms with Gasteiger partial charge in [0, 0.05) is 5.92 Å². The van der Waals surface area contributed by atoms with Crippen molar-refractivity contribution in [2.45, 2.75) is 77.7 Å². The number of ether oxygens (including phenoxy) is 2. The zero-order chi connectivity index (χ0) is 15.8. The van der Waals surface area contributed by atoms with Gasteiger partial charge in [-0.3, -0.25) is 0 Å². The molecule has 0 spiro atoms. The molecule has 0 aliphatic carbocycles. The minimum Gasteiger partial charge on any atom is -0.410 e. The lowest BCUT2D eigenvalue weighted by atomic mass is 10.0. The number of hydrogen-bond acceptors (Lipinski definition) is 4. The maximum absolute atomic E-state index is 11.2. The van der Waals surface area contributed by atoms with Crippen molar-refractivity contribution in [3.8, 4) is 0 Å². The lowest BCUT2D eigenvalue weighted by Crippen LogP contribution is -2.50. The molecule has 1 aliphatic heterocycles. The van der Waals surface area contributed by atoms with Crippen LogP contribution in [0.25, 0.3) is 0 Å². The molecule has 1 saturated heterocycles. The van der Waals surface area contributed by atoms with Gasteiger partial charge in [0.25, 0.3) is 0 Å². The van der Waals surface area contributed by atoms with E-state index >= 15 is 0 Å². The van der Waals surface area contributed by atoms with E-state index in [0.717, 1.165) is 6.29 Å². The quantitative estimate of drug-likeness (QED) is 0.577. The van der Waals surface area contributed by atoms with Crippen molar-refractivity contribution in [1.29, 1.82) is 0 Å². The van der Waals surface area contributed by atoms with Crippen LogP contribution in [0.3, 0.4) is 0 Å². The molecule has 1 rings (SSSR count). The highest BCUT2D eigenvalue weighted by Crippen LogP contribution is 2.39. The second-order valence-electron chi connectivity index (χ2n) is 7.71. The van der Waals surface area contributed by atoms with Crippen LogP contribution in [0.15, 0.2) is 0 Å². The SMILES string of the molecule is C[C@H](C=O)[C@H](O[Si](C)(C)C(C)(C)C)[C@@H]1COC(C)(C)O1. The van der Waals surface area contributed by atoms with Gasteiger partial charge in [0.2, 0.25) is 0 Å². The molecule has 0 amide bonds. The Kier molecular flexibility index (Phi) is 5.23. The Morgan fingerprint density at radius 3 is 2.25 bits per heavy atom. The summed E-state index contributed by atoms with van der Waals surface area (Å²) >= 11 is 0. The predicted octanol–water partition coefficient (Wildman–Crippen LogP) is 3.36. The van der Waals surface area contributed by atoms with Crippen LogP contribution in [-0.2, 0) is 18.7 Å². The highest BCUT2D eigenvalue weighted by Gasteiger charge is 2.45. The van der Waals surface area contributed by atoms with Crippen molar-refractivity contribution in [2.24, 2.45) is 5.92 Å². The lowest BCUT2D eigenvalue weighted by molar-refractivity contribution is -0.154. The molecule has 118 valence electrons. The van der Waals surface area contributed by atoms with Crippen molar-refractivity contribution in [3.05, 3.63) is 0 Å². The number of rotatable bonds is 5. The number of carbonyl (C=O) groups excluding carboxylic acids is 1. The van der Waals surface area contributed by atoms with Crippen LogP contribution in [0, 0.1) is 5.92 Å². The summed E-state index contributed by atoms with van der Waals surface area (Å²) in [6, 6.07) is 0. The topological polar surface area (TPSA) is 44.8 Å². The molecule has 0 bridgehead atoms. The monoisotopic (exact) mass is 302 g/mol. The maximum Gasteiger partial charge on any atom is 0.192 e. The van der Waals surface area contributed by atoms with E-state index in [1.54, 1.807) is 0 Å². The van der Waals surface area contributed by atoms with Crippen LogP contribution in [0.2, 0.25) is 18.1 Å². The van der Waals surface area contributed by atoms with Crippen molar-refractivity contribution in [2.75, 3.05) is 6.61 Å². The zero-order valence-corrected chi connectivity index (χ0v) is 15.1. The molecular formula is C15H30O4Si. The Hall–Kier alpha value is -0.233. The van der Waals surface area contributed by atoms with E-state index in [-0.39, 0.29) is 23.2 Å². The Bertz CT molecular complexity index is 346. The van der Waals surface area contributed by atoms with Gasteiger partial charge in [0.05, 0.1) is 12.7 Å². The average molecular weight is 302 g/mol. The molecule has 1 aliphatic rings. The van der Waals surface area contributed by atoms with E-state index in [4.69, 9.17) is 13.9 Å². The van der Waals surface area contributed by atoms with Crippen molar-refractivity contribution in [3.63, 3.8) is 0 Å². The first-order valence-corrected chi connectivity index (χ1v) is 10.3. The standard InChI is InChI=1S/C15H30O4Si/c1-11(9-16)13(12-10-17-15(5,6)18-12)19-20(7,8)14(2,3)4/h9,11-13H,10H2,1-8H3/t11-,12+,13+/m1/s1. The van der Waals surface area contributed by atoms with Crippen LogP contribution < -0.4 is 0 Å². The molecule has 0 aromatic heterocycles. The van der Waals surface area contributed by atoms with Crippen LogP contribution in [0.1, 0.15) is 41.5 Å². The molecular weight excluding hydrogens is 272 g/mol. The van der Waals surface area contributed by atoms with Gasteiger partial charge < -0.3 is 18.7 Å². The number of aldehydes is 1. The Balaban J connectivity index is 2.89. The van der Waals surface area contributed by atoms with Gasteiger partial charge in [-0.05, 0) is 32.0 Å². The fourth-order valence-corrected chi connectivity index (χ4v) is 3.39. The predicted molar refractivity (Wildman–Crippen MR) is 82.2 cm³/mol. The third-order valence-corrected chi connectivity index (χ3v) is 8.84. The third-order valence-electron chi connectivity index (χ3n) is 4.37. The molecule has 0 N–H and O–H groups in total. The molecule has 1 fully saturated rings. The van der Waals surface area contributed by atoms with Crippen molar-refractivity contribution >= 4 is 14.6 Å². The fourth-order valence-electron chi connectivity index (χ4n) is 1.99. The van der Waals surface area contributed by atoms with Crippen LogP contribution in [0.4, 0.5) is 0 Å². The summed E-state index contributed by atoms with van der Waals surface area (Å²) < 4.78 is 18.0. The Morgan fingerprint density at radius 1 is 1.35 bits per heavy atom. The van der Waals surface area contributed by atoms with E-state index in [1.807, 2.05) is 20.8 Å². The summed E-state index contributed by atoms with van der Waals surface area (Å²) in [5, 5.41) is 0.100. The first-order valence-electron chi connectivity index (χ1n) is 7.34. The number of carbonyl (C=O) groups is 1. The minimum absolute atomic E-state index is 0.100. The van der Waals surface area contributed by atoms with Crippen LogP contribution in [-0.4, -0.2) is 39.2 Å². The van der Waals surface area contributed by atoms with Crippen LogP contribution >= 0.6 is 0 Å². The third kappa shape index (κ3) is 4.13. The van der Waals surface area contributed by atoms with Crippen molar-refractivity contribution < 1.29 is 18.7 Å². The largest absolute Gasteiger partial charge is 0.410 e. The molecule has 0 unspecified atom stereocenters. The van der Waals surface area contributed by atoms with Gasteiger partial charge in [-0.15, -0.1) is 0 Å². The van der Waals surface area contributed by atoms with Gasteiger partial charge in [-0.1, -0.05) is 27.7 Å². The van der Waals surface area contributed by atoms with Gasteiger partial charge in [-0.25, -0.2) is 0 Å². The molecule has 0 radical (unpaired) electrons. The van der Waals surface area contributed by atoms with Gasteiger partial charge >= 0.3 is 0 Å². The van der Waals surface area contributed by atoms with E-state index in [0.29, 0.717) is 6.61 Å². The highest BCUT2D eigenvalue weighted by atomic mass is 28.4. The minimum atomic E-state index is -1.96. The Labute approximate surface area is 124 Å². The molecule has 5 heteroatoms. The van der Waals surface area contributed by atoms with E-state index in [1.165, 1.54) is 0 Å². The number of hydrogen-bond donors (Lipinski definition) is 0. The average Bonchev–Trinajstić information content (AvgIpc) is 2.64. The van der Waals surface area contributed by atoms with Gasteiger partial charge in [0.15, 0.2) is 14.1 Å². The summed E-state index contributed by atoms with van der Waals surface area (Å²) in [6.07, 6.45) is 0.529. The van der Waals surface area contributed by atoms with E-state index in [9.17, 15) is 4.79 Å². The summed E-state index contributed by atoms with van der Waals surface area (Å²) in [4.78, 5) is 11.2. The molecule has 0 aromatic rings. The molecule has 4 nitrogen and oxygen atoms in total. The second-order valence-corrected chi connectivity index (χ2v) is 12.5. The summed E-state index contributed by atoms with van der Waals surface area (Å²) in [7, 11) is -1.96. The first kappa shape index (κ1) is 17.8. The van der Waals surface area contributed by atoms with Gasteiger partial charge in [-0.2, -0.15) is 0 Å². The molecule has 0 saturated carbocycles. The lowest BCUT2D eigenvalue weighted by Gasteiger charge is -2.41. The summed E-state index contributed by atoms with van der Waals surface area (Å²) in [6.45, 7) is 17.1. The molecule has 0 aromatic carbocycles. The highest BCUT2D eigenvalue weighted by molar-refractivity contribution is 6.74.